The third kappa shape index (κ3) is 3.93. The summed E-state index contributed by atoms with van der Waals surface area (Å²) >= 11 is 1.66. The number of thiophene rings is 1. The molecule has 0 radical (unpaired) electrons. The van der Waals surface area contributed by atoms with Crippen molar-refractivity contribution in [3.63, 3.8) is 0 Å². The molecule has 4 aromatic rings. The van der Waals surface area contributed by atoms with E-state index >= 15 is 0 Å². The molecule has 5 heteroatoms. The second kappa shape index (κ2) is 7.93. The number of rotatable bonds is 5. The molecule has 1 aromatic carbocycles. The normalized spacial score (nSPS) is 10.5. The predicted octanol–water partition coefficient (Wildman–Crippen LogP) is 4.80. The number of carbonyl (C=O) groups excluding carboxylic acids is 1. The van der Waals surface area contributed by atoms with Crippen molar-refractivity contribution in [2.45, 2.75) is 6.54 Å². The summed E-state index contributed by atoms with van der Waals surface area (Å²) in [7, 11) is 0. The SMILES string of the molecule is O=C(NCc1cccnc1-c1cccnc1)c1ccc(-c2ccsc2)cc1. The molecule has 0 bridgehead atoms. The molecule has 3 aromatic heterocycles. The summed E-state index contributed by atoms with van der Waals surface area (Å²) in [5.41, 5.74) is 5.64. The van der Waals surface area contributed by atoms with Crippen LogP contribution in [0.25, 0.3) is 22.4 Å². The van der Waals surface area contributed by atoms with Gasteiger partial charge in [-0.15, -0.1) is 0 Å². The Balaban J connectivity index is 1.47. The van der Waals surface area contributed by atoms with Crippen molar-refractivity contribution in [2.75, 3.05) is 0 Å². The minimum Gasteiger partial charge on any atom is -0.348 e. The number of nitrogens with zero attached hydrogens (tertiary/aromatic N) is 2. The topological polar surface area (TPSA) is 54.9 Å². The summed E-state index contributed by atoms with van der Waals surface area (Å²) < 4.78 is 0. The maximum absolute atomic E-state index is 12.5. The van der Waals surface area contributed by atoms with Crippen molar-refractivity contribution >= 4 is 17.2 Å². The van der Waals surface area contributed by atoms with Crippen LogP contribution in [0.5, 0.6) is 0 Å². The predicted molar refractivity (Wildman–Crippen MR) is 108 cm³/mol. The molecule has 0 aliphatic rings. The highest BCUT2D eigenvalue weighted by atomic mass is 32.1. The van der Waals surface area contributed by atoms with Gasteiger partial charge in [-0.25, -0.2) is 0 Å². The van der Waals surface area contributed by atoms with Gasteiger partial charge in [0, 0.05) is 36.3 Å². The van der Waals surface area contributed by atoms with Crippen LogP contribution in [0.1, 0.15) is 15.9 Å². The van der Waals surface area contributed by atoms with Crippen LogP contribution in [0.15, 0.2) is 83.9 Å². The van der Waals surface area contributed by atoms with E-state index in [1.807, 2.05) is 53.9 Å². The molecule has 0 aliphatic carbocycles. The van der Waals surface area contributed by atoms with E-state index in [0.717, 1.165) is 22.4 Å². The molecule has 0 saturated carbocycles. The molecule has 0 unspecified atom stereocenters. The zero-order valence-electron chi connectivity index (χ0n) is 14.5. The van der Waals surface area contributed by atoms with Gasteiger partial charge in [0.1, 0.15) is 0 Å². The lowest BCUT2D eigenvalue weighted by atomic mass is 10.1. The highest BCUT2D eigenvalue weighted by Crippen LogP contribution is 2.23. The van der Waals surface area contributed by atoms with Crippen molar-refractivity contribution in [1.82, 2.24) is 15.3 Å². The highest BCUT2D eigenvalue weighted by molar-refractivity contribution is 7.08. The Bertz CT molecular complexity index is 1030. The molecule has 132 valence electrons. The maximum atomic E-state index is 12.5. The summed E-state index contributed by atoms with van der Waals surface area (Å²) in [5.74, 6) is -0.104. The minimum atomic E-state index is -0.104. The molecular formula is C22H17N3OS. The van der Waals surface area contributed by atoms with Gasteiger partial charge in [-0.3, -0.25) is 14.8 Å². The molecule has 0 fully saturated rings. The molecule has 0 aliphatic heterocycles. The molecule has 4 nitrogen and oxygen atoms in total. The van der Waals surface area contributed by atoms with E-state index in [2.05, 4.69) is 26.7 Å². The van der Waals surface area contributed by atoms with Crippen LogP contribution in [0, 0.1) is 0 Å². The molecule has 3 heterocycles. The third-order valence-corrected chi connectivity index (χ3v) is 4.95. The van der Waals surface area contributed by atoms with E-state index in [9.17, 15) is 4.79 Å². The van der Waals surface area contributed by atoms with Crippen LogP contribution in [0.4, 0.5) is 0 Å². The molecule has 1 amide bonds. The molecule has 0 spiro atoms. The number of amides is 1. The summed E-state index contributed by atoms with van der Waals surface area (Å²) in [6.45, 7) is 0.406. The molecular weight excluding hydrogens is 354 g/mol. The Morgan fingerprint density at radius 2 is 1.78 bits per heavy atom. The Hall–Kier alpha value is -3.31. The first-order valence-electron chi connectivity index (χ1n) is 8.56. The third-order valence-electron chi connectivity index (χ3n) is 4.27. The first-order chi connectivity index (χ1) is 13.3. The van der Waals surface area contributed by atoms with Crippen LogP contribution < -0.4 is 5.32 Å². The van der Waals surface area contributed by atoms with Gasteiger partial charge in [0.05, 0.1) is 5.69 Å². The van der Waals surface area contributed by atoms with Crippen molar-refractivity contribution in [3.8, 4) is 22.4 Å². The number of aromatic nitrogens is 2. The van der Waals surface area contributed by atoms with Gasteiger partial charge in [-0.2, -0.15) is 11.3 Å². The van der Waals surface area contributed by atoms with Crippen molar-refractivity contribution in [1.29, 1.82) is 0 Å². The van der Waals surface area contributed by atoms with Gasteiger partial charge in [0.15, 0.2) is 0 Å². The van der Waals surface area contributed by atoms with Crippen LogP contribution in [-0.2, 0) is 6.54 Å². The van der Waals surface area contributed by atoms with Gasteiger partial charge in [-0.1, -0.05) is 18.2 Å². The highest BCUT2D eigenvalue weighted by Gasteiger charge is 2.10. The van der Waals surface area contributed by atoms with Crippen molar-refractivity contribution in [2.24, 2.45) is 0 Å². The smallest absolute Gasteiger partial charge is 0.251 e. The Morgan fingerprint density at radius 1 is 0.926 bits per heavy atom. The van der Waals surface area contributed by atoms with Gasteiger partial charge in [0.25, 0.3) is 5.91 Å². The van der Waals surface area contributed by atoms with E-state index in [1.165, 1.54) is 5.56 Å². The number of carbonyl (C=O) groups is 1. The second-order valence-corrected chi connectivity index (χ2v) is 6.80. The molecule has 27 heavy (non-hydrogen) atoms. The fraction of sp³-hybridized carbons (Fsp3) is 0.0455. The summed E-state index contributed by atoms with van der Waals surface area (Å²) in [6, 6.07) is 17.4. The summed E-state index contributed by atoms with van der Waals surface area (Å²) in [4.78, 5) is 21.1. The Kier molecular flexibility index (Phi) is 5.03. The lowest BCUT2D eigenvalue weighted by Crippen LogP contribution is -2.23. The largest absolute Gasteiger partial charge is 0.348 e. The maximum Gasteiger partial charge on any atom is 0.251 e. The number of benzene rings is 1. The minimum absolute atomic E-state index is 0.104. The van der Waals surface area contributed by atoms with E-state index < -0.39 is 0 Å². The van der Waals surface area contributed by atoms with Crippen molar-refractivity contribution in [3.05, 3.63) is 95.1 Å². The van der Waals surface area contributed by atoms with Crippen molar-refractivity contribution < 1.29 is 4.79 Å². The van der Waals surface area contributed by atoms with Gasteiger partial charge in [0.2, 0.25) is 0 Å². The summed E-state index contributed by atoms with van der Waals surface area (Å²) in [5, 5.41) is 7.12. The fourth-order valence-corrected chi connectivity index (χ4v) is 3.53. The van der Waals surface area contributed by atoms with Crippen LogP contribution in [0.3, 0.4) is 0 Å². The first-order valence-corrected chi connectivity index (χ1v) is 9.51. The quantitative estimate of drug-likeness (QED) is 0.548. The number of pyridine rings is 2. The van der Waals surface area contributed by atoms with Crippen LogP contribution >= 0.6 is 11.3 Å². The number of nitrogens with one attached hydrogen (secondary N) is 1. The average Bonchev–Trinajstić information content (AvgIpc) is 3.28. The van der Waals surface area contributed by atoms with E-state index in [-0.39, 0.29) is 5.91 Å². The Morgan fingerprint density at radius 3 is 2.52 bits per heavy atom. The lowest BCUT2D eigenvalue weighted by Gasteiger charge is -2.10. The lowest BCUT2D eigenvalue weighted by molar-refractivity contribution is 0.0951. The average molecular weight is 371 g/mol. The molecule has 4 rings (SSSR count). The fourth-order valence-electron chi connectivity index (χ4n) is 2.86. The number of hydrogen-bond donors (Lipinski definition) is 1. The zero-order chi connectivity index (χ0) is 18.5. The standard InChI is InChI=1S/C22H17N3OS/c26-22(17-7-5-16(6-8-17)20-9-12-27-15-20)25-14-19-4-2-11-24-21(19)18-3-1-10-23-13-18/h1-13,15H,14H2,(H,25,26). The van der Waals surface area contributed by atoms with E-state index in [1.54, 1.807) is 29.9 Å². The van der Waals surface area contributed by atoms with Gasteiger partial charge in [-0.05, 0) is 63.8 Å². The van der Waals surface area contributed by atoms with E-state index in [0.29, 0.717) is 12.1 Å². The van der Waals surface area contributed by atoms with E-state index in [4.69, 9.17) is 0 Å². The Labute approximate surface area is 161 Å². The van der Waals surface area contributed by atoms with Gasteiger partial charge < -0.3 is 5.32 Å². The summed E-state index contributed by atoms with van der Waals surface area (Å²) in [6.07, 6.45) is 5.25. The van der Waals surface area contributed by atoms with Gasteiger partial charge >= 0.3 is 0 Å². The van der Waals surface area contributed by atoms with Crippen LogP contribution in [-0.4, -0.2) is 15.9 Å². The second-order valence-electron chi connectivity index (χ2n) is 6.02. The molecule has 1 N–H and O–H groups in total. The zero-order valence-corrected chi connectivity index (χ0v) is 15.3. The van der Waals surface area contributed by atoms with Crippen LogP contribution in [0.2, 0.25) is 0 Å². The number of hydrogen-bond acceptors (Lipinski definition) is 4. The molecule has 0 saturated heterocycles. The molecule has 0 atom stereocenters. The monoisotopic (exact) mass is 371 g/mol. The first kappa shape index (κ1) is 17.1.